The summed E-state index contributed by atoms with van der Waals surface area (Å²) in [4.78, 5) is 11.7. The number of hydrogen-bond acceptors (Lipinski definition) is 2. The highest BCUT2D eigenvalue weighted by atomic mass is 19.1. The van der Waals surface area contributed by atoms with E-state index >= 15 is 0 Å². The summed E-state index contributed by atoms with van der Waals surface area (Å²) in [5.41, 5.74) is -0.0428. The summed E-state index contributed by atoms with van der Waals surface area (Å²) in [5.74, 6) is -0.552. The molecule has 1 aromatic carbocycles. The van der Waals surface area contributed by atoms with Crippen molar-refractivity contribution in [1.82, 2.24) is 5.32 Å². The molecule has 0 radical (unpaired) electrons. The van der Waals surface area contributed by atoms with Gasteiger partial charge in [0.25, 0.3) is 5.91 Å². The highest BCUT2D eigenvalue weighted by Crippen LogP contribution is 2.15. The first-order valence-corrected chi connectivity index (χ1v) is 5.68. The van der Waals surface area contributed by atoms with Gasteiger partial charge >= 0.3 is 0 Å². The lowest BCUT2D eigenvalue weighted by atomic mass is 9.98. The van der Waals surface area contributed by atoms with Gasteiger partial charge in [-0.15, -0.1) is 0 Å². The highest BCUT2D eigenvalue weighted by molar-refractivity contribution is 5.94. The van der Waals surface area contributed by atoms with E-state index in [1.807, 2.05) is 6.92 Å². The number of amides is 1. The molecule has 0 aliphatic heterocycles. The van der Waals surface area contributed by atoms with Crippen molar-refractivity contribution in [2.45, 2.75) is 20.8 Å². The van der Waals surface area contributed by atoms with Crippen molar-refractivity contribution < 1.29 is 14.3 Å². The van der Waals surface area contributed by atoms with Gasteiger partial charge in [-0.3, -0.25) is 4.79 Å². The van der Waals surface area contributed by atoms with Crippen molar-refractivity contribution >= 4 is 5.91 Å². The molecule has 0 aliphatic rings. The van der Waals surface area contributed by atoms with Gasteiger partial charge in [-0.2, -0.15) is 0 Å². The van der Waals surface area contributed by atoms with Crippen LogP contribution in [0.2, 0.25) is 0 Å². The lowest BCUT2D eigenvalue weighted by Crippen LogP contribution is -2.30. The van der Waals surface area contributed by atoms with E-state index < -0.39 is 11.7 Å². The van der Waals surface area contributed by atoms with E-state index in [-0.39, 0.29) is 11.3 Å². The lowest BCUT2D eigenvalue weighted by Gasteiger charge is -2.16. The molecule has 1 amide bonds. The minimum Gasteiger partial charge on any atom is -0.508 e. The van der Waals surface area contributed by atoms with Crippen LogP contribution in [-0.2, 0) is 0 Å². The summed E-state index contributed by atoms with van der Waals surface area (Å²) >= 11 is 0. The molecular formula is C13H18FNO2. The summed E-state index contributed by atoms with van der Waals surface area (Å²) in [6, 6.07) is 3.50. The number of nitrogens with one attached hydrogen (secondary N) is 1. The van der Waals surface area contributed by atoms with Gasteiger partial charge in [-0.1, -0.05) is 20.8 Å². The van der Waals surface area contributed by atoms with Crippen LogP contribution in [0.1, 0.15) is 31.1 Å². The van der Waals surface area contributed by atoms with E-state index in [1.165, 1.54) is 12.1 Å². The van der Waals surface area contributed by atoms with Crippen LogP contribution in [0.3, 0.4) is 0 Å². The van der Waals surface area contributed by atoms with Crippen LogP contribution in [0.15, 0.2) is 18.2 Å². The van der Waals surface area contributed by atoms with Gasteiger partial charge in [0, 0.05) is 12.6 Å². The average molecular weight is 239 g/mol. The number of halogens is 1. The zero-order valence-electron chi connectivity index (χ0n) is 10.3. The monoisotopic (exact) mass is 239 g/mol. The molecule has 94 valence electrons. The quantitative estimate of drug-likeness (QED) is 0.848. The molecule has 3 nitrogen and oxygen atoms in total. The maximum atomic E-state index is 13.4. The molecule has 4 heteroatoms. The number of benzene rings is 1. The first-order valence-electron chi connectivity index (χ1n) is 5.68. The molecule has 0 aromatic heterocycles. The number of hydrogen-bond donors (Lipinski definition) is 2. The van der Waals surface area contributed by atoms with Crippen LogP contribution in [0.5, 0.6) is 5.75 Å². The fourth-order valence-corrected chi connectivity index (χ4v) is 1.27. The third-order valence-corrected chi connectivity index (χ3v) is 2.92. The van der Waals surface area contributed by atoms with Gasteiger partial charge < -0.3 is 10.4 Å². The molecule has 17 heavy (non-hydrogen) atoms. The Morgan fingerprint density at radius 1 is 1.41 bits per heavy atom. The number of phenols is 1. The summed E-state index contributed by atoms with van der Waals surface area (Å²) in [6.07, 6.45) is 0. The summed E-state index contributed by atoms with van der Waals surface area (Å²) in [6.45, 7) is 6.67. The Morgan fingerprint density at radius 2 is 2.06 bits per heavy atom. The highest BCUT2D eigenvalue weighted by Gasteiger charge is 2.14. The van der Waals surface area contributed by atoms with Crippen molar-refractivity contribution in [3.8, 4) is 5.75 Å². The van der Waals surface area contributed by atoms with E-state index in [2.05, 4.69) is 19.2 Å². The normalized spacial score (nSPS) is 12.5. The second-order valence-electron chi connectivity index (χ2n) is 4.60. The predicted octanol–water partition coefficient (Wildman–Crippen LogP) is 2.55. The van der Waals surface area contributed by atoms with Crippen LogP contribution in [0, 0.1) is 17.7 Å². The van der Waals surface area contributed by atoms with Gasteiger partial charge in [0.15, 0.2) is 0 Å². The van der Waals surface area contributed by atoms with Gasteiger partial charge in [-0.25, -0.2) is 4.39 Å². The Labute approximate surface area is 101 Å². The Kier molecular flexibility index (Phi) is 4.49. The zero-order chi connectivity index (χ0) is 13.0. The van der Waals surface area contributed by atoms with Crippen LogP contribution >= 0.6 is 0 Å². The van der Waals surface area contributed by atoms with Gasteiger partial charge in [-0.05, 0) is 24.0 Å². The second-order valence-corrected chi connectivity index (χ2v) is 4.60. The fourth-order valence-electron chi connectivity index (χ4n) is 1.27. The molecule has 2 N–H and O–H groups in total. The lowest BCUT2D eigenvalue weighted by molar-refractivity contribution is 0.0941. The van der Waals surface area contributed by atoms with Crippen molar-refractivity contribution in [2.75, 3.05) is 6.54 Å². The number of carbonyl (C=O) groups is 1. The molecule has 0 saturated carbocycles. The first-order chi connectivity index (χ1) is 7.91. The Bertz CT molecular complexity index is 404. The molecule has 0 saturated heterocycles. The summed E-state index contributed by atoms with van der Waals surface area (Å²) < 4.78 is 13.4. The number of carbonyl (C=O) groups excluding carboxylic acids is 1. The maximum absolute atomic E-state index is 13.4. The molecular weight excluding hydrogens is 221 g/mol. The molecule has 0 spiro atoms. The van der Waals surface area contributed by atoms with Crippen molar-refractivity contribution in [1.29, 1.82) is 0 Å². The molecule has 1 atom stereocenters. The fraction of sp³-hybridized carbons (Fsp3) is 0.462. The Balaban J connectivity index is 2.64. The number of aromatic hydroxyl groups is 1. The molecule has 1 rings (SSSR count). The minimum absolute atomic E-state index is 0.0428. The van der Waals surface area contributed by atoms with E-state index in [4.69, 9.17) is 5.11 Å². The zero-order valence-corrected chi connectivity index (χ0v) is 10.3. The average Bonchev–Trinajstić information content (AvgIpc) is 2.25. The van der Waals surface area contributed by atoms with E-state index in [9.17, 15) is 9.18 Å². The summed E-state index contributed by atoms with van der Waals surface area (Å²) in [7, 11) is 0. The molecule has 0 heterocycles. The van der Waals surface area contributed by atoms with Crippen molar-refractivity contribution in [2.24, 2.45) is 11.8 Å². The van der Waals surface area contributed by atoms with E-state index in [0.717, 1.165) is 6.07 Å². The molecule has 1 unspecified atom stereocenters. The first kappa shape index (κ1) is 13.5. The standard InChI is InChI=1S/C13H18FNO2/c1-8(2)9(3)7-15-13(17)11-5-4-10(16)6-12(11)14/h4-6,8-9,16H,7H2,1-3H3,(H,15,17). The van der Waals surface area contributed by atoms with Crippen molar-refractivity contribution in [3.63, 3.8) is 0 Å². The van der Waals surface area contributed by atoms with Crippen LogP contribution in [0.25, 0.3) is 0 Å². The number of rotatable bonds is 4. The predicted molar refractivity (Wildman–Crippen MR) is 64.4 cm³/mol. The van der Waals surface area contributed by atoms with Gasteiger partial charge in [0.1, 0.15) is 11.6 Å². The van der Waals surface area contributed by atoms with Gasteiger partial charge in [0.05, 0.1) is 5.56 Å². The van der Waals surface area contributed by atoms with Crippen molar-refractivity contribution in [3.05, 3.63) is 29.6 Å². The maximum Gasteiger partial charge on any atom is 0.254 e. The van der Waals surface area contributed by atoms with E-state index in [0.29, 0.717) is 18.4 Å². The topological polar surface area (TPSA) is 49.3 Å². The molecule has 1 aromatic rings. The van der Waals surface area contributed by atoms with Crippen LogP contribution < -0.4 is 5.32 Å². The molecule has 0 fully saturated rings. The van der Waals surface area contributed by atoms with Gasteiger partial charge in [0.2, 0.25) is 0 Å². The van der Waals surface area contributed by atoms with Crippen LogP contribution in [0.4, 0.5) is 4.39 Å². The number of phenolic OH excluding ortho intramolecular Hbond substituents is 1. The second kappa shape index (κ2) is 5.66. The summed E-state index contributed by atoms with van der Waals surface area (Å²) in [5, 5.41) is 11.7. The molecule has 0 aliphatic carbocycles. The van der Waals surface area contributed by atoms with E-state index in [1.54, 1.807) is 0 Å². The SMILES string of the molecule is CC(C)C(C)CNC(=O)c1ccc(O)cc1F. The third kappa shape index (κ3) is 3.73. The Hall–Kier alpha value is -1.58. The minimum atomic E-state index is -0.709. The third-order valence-electron chi connectivity index (χ3n) is 2.92. The largest absolute Gasteiger partial charge is 0.508 e. The smallest absolute Gasteiger partial charge is 0.254 e. The Morgan fingerprint density at radius 3 is 2.59 bits per heavy atom. The molecule has 0 bridgehead atoms. The van der Waals surface area contributed by atoms with Crippen LogP contribution in [-0.4, -0.2) is 17.6 Å².